The second-order valence-corrected chi connectivity index (χ2v) is 12.0. The van der Waals surface area contributed by atoms with Gasteiger partial charge in [-0.1, -0.05) is 23.7 Å². The van der Waals surface area contributed by atoms with Crippen LogP contribution in [0.25, 0.3) is 10.1 Å². The smallest absolute Gasteiger partial charge is 0.345 e. The highest BCUT2D eigenvalue weighted by atomic mass is 35.5. The highest BCUT2D eigenvalue weighted by Gasteiger charge is 2.28. The maximum atomic E-state index is 13.6. The van der Waals surface area contributed by atoms with Crippen molar-refractivity contribution in [3.8, 4) is 0 Å². The molecular formula is C23H22ClN3O4S3. The van der Waals surface area contributed by atoms with Gasteiger partial charge in [0.15, 0.2) is 5.03 Å². The first-order chi connectivity index (χ1) is 16.3. The fraction of sp³-hybridized carbons (Fsp3) is 0.261. The van der Waals surface area contributed by atoms with Gasteiger partial charge in [0.05, 0.1) is 16.3 Å². The molecule has 0 spiro atoms. The Balaban J connectivity index is 1.51. The zero-order valence-corrected chi connectivity index (χ0v) is 21.3. The number of benzene rings is 1. The Hall–Kier alpha value is -2.37. The van der Waals surface area contributed by atoms with Gasteiger partial charge in [0.2, 0.25) is 0 Å². The number of sulfonamides is 1. The third-order valence-electron chi connectivity index (χ3n) is 5.30. The van der Waals surface area contributed by atoms with Crippen molar-refractivity contribution < 1.29 is 18.3 Å². The lowest BCUT2D eigenvalue weighted by atomic mass is 10.1. The van der Waals surface area contributed by atoms with Gasteiger partial charge in [-0.3, -0.25) is 0 Å². The van der Waals surface area contributed by atoms with Crippen molar-refractivity contribution in [1.29, 1.82) is 0 Å². The monoisotopic (exact) mass is 535 g/mol. The van der Waals surface area contributed by atoms with E-state index in [2.05, 4.69) is 9.36 Å². The van der Waals surface area contributed by atoms with Crippen LogP contribution < -0.4 is 0 Å². The van der Waals surface area contributed by atoms with E-state index in [0.29, 0.717) is 49.2 Å². The maximum Gasteiger partial charge on any atom is 0.345 e. The zero-order chi connectivity index (χ0) is 24.1. The summed E-state index contributed by atoms with van der Waals surface area (Å²) in [6.07, 6.45) is 5.51. The number of carbonyl (C=O) groups is 1. The van der Waals surface area contributed by atoms with Crippen molar-refractivity contribution in [1.82, 2.24) is 13.7 Å². The number of pyridine rings is 1. The number of carboxylic acids is 1. The minimum absolute atomic E-state index is 0.0193. The molecule has 11 heteroatoms. The Bertz CT molecular complexity index is 1400. The van der Waals surface area contributed by atoms with E-state index in [1.54, 1.807) is 24.4 Å². The fourth-order valence-corrected chi connectivity index (χ4v) is 7.09. The van der Waals surface area contributed by atoms with Crippen LogP contribution in [0.15, 0.2) is 59.9 Å². The molecule has 0 amide bonds. The molecule has 7 nitrogen and oxygen atoms in total. The molecule has 1 N–H and O–H groups in total. The molecule has 0 bridgehead atoms. The van der Waals surface area contributed by atoms with E-state index in [0.717, 1.165) is 15.1 Å². The number of fused-ring (bicyclic) bond motifs is 1. The predicted octanol–water partition coefficient (Wildman–Crippen LogP) is 5.36. The Morgan fingerprint density at radius 3 is 2.62 bits per heavy atom. The summed E-state index contributed by atoms with van der Waals surface area (Å²) in [5, 5.41) is 10.3. The Morgan fingerprint density at radius 1 is 1.09 bits per heavy atom. The van der Waals surface area contributed by atoms with Gasteiger partial charge in [-0.05, 0) is 73.1 Å². The molecule has 0 fully saturated rings. The van der Waals surface area contributed by atoms with Gasteiger partial charge in [-0.15, -0.1) is 11.3 Å². The molecule has 178 valence electrons. The predicted molar refractivity (Wildman–Crippen MR) is 136 cm³/mol. The van der Waals surface area contributed by atoms with Gasteiger partial charge < -0.3 is 5.11 Å². The normalized spacial score (nSPS) is 11.9. The molecule has 0 unspecified atom stereocenters. The molecule has 1 aromatic carbocycles. The molecule has 34 heavy (non-hydrogen) atoms. The number of halogens is 1. The summed E-state index contributed by atoms with van der Waals surface area (Å²) in [7, 11) is -3.85. The van der Waals surface area contributed by atoms with Crippen molar-refractivity contribution in [2.24, 2.45) is 0 Å². The fourth-order valence-electron chi connectivity index (χ4n) is 3.66. The Labute approximate surface area is 210 Å². The molecular weight excluding hydrogens is 514 g/mol. The quantitative estimate of drug-likeness (QED) is 0.277. The lowest BCUT2D eigenvalue weighted by Crippen LogP contribution is -2.34. The molecule has 0 saturated carbocycles. The number of rotatable bonds is 11. The highest BCUT2D eigenvalue weighted by molar-refractivity contribution is 7.89. The van der Waals surface area contributed by atoms with E-state index < -0.39 is 16.0 Å². The third-order valence-corrected chi connectivity index (χ3v) is 9.29. The Morgan fingerprint density at radius 2 is 1.88 bits per heavy atom. The topological polar surface area (TPSA) is 100 Å². The summed E-state index contributed by atoms with van der Waals surface area (Å²) in [6.45, 7) is 0.628. The summed E-state index contributed by atoms with van der Waals surface area (Å²) >= 11 is 8.53. The third kappa shape index (κ3) is 5.81. The minimum Gasteiger partial charge on any atom is -0.477 e. The van der Waals surface area contributed by atoms with E-state index in [1.807, 2.05) is 24.3 Å². The van der Waals surface area contributed by atoms with Crippen LogP contribution in [0.3, 0.4) is 0 Å². The number of carboxylic acid groups (broad SMARTS) is 1. The van der Waals surface area contributed by atoms with E-state index in [1.165, 1.54) is 33.4 Å². The van der Waals surface area contributed by atoms with Gasteiger partial charge in [-0.25, -0.2) is 18.2 Å². The number of aryl methyl sites for hydroxylation is 2. The molecule has 0 aliphatic rings. The average molecular weight is 536 g/mol. The number of thiophene rings is 1. The number of hydrogen-bond acceptors (Lipinski definition) is 7. The lowest BCUT2D eigenvalue weighted by Gasteiger charge is -2.22. The van der Waals surface area contributed by atoms with Crippen molar-refractivity contribution >= 4 is 60.5 Å². The molecule has 0 aliphatic carbocycles. The summed E-state index contributed by atoms with van der Waals surface area (Å²) in [5.41, 5.74) is 1.05. The lowest BCUT2D eigenvalue weighted by molar-refractivity contribution is 0.0702. The second kappa shape index (κ2) is 10.9. The molecule has 0 radical (unpaired) electrons. The first-order valence-corrected chi connectivity index (χ1v) is 14.0. The molecule has 4 aromatic rings. The van der Waals surface area contributed by atoms with Crippen LogP contribution in [0.5, 0.6) is 0 Å². The molecule has 0 saturated heterocycles. The van der Waals surface area contributed by atoms with Crippen LogP contribution in [0.1, 0.15) is 33.0 Å². The average Bonchev–Trinajstić information content (AvgIpc) is 3.47. The van der Waals surface area contributed by atoms with Crippen LogP contribution in [0, 0.1) is 0 Å². The molecule has 3 aromatic heterocycles. The van der Waals surface area contributed by atoms with Gasteiger partial charge in [0.25, 0.3) is 10.0 Å². The van der Waals surface area contributed by atoms with E-state index in [-0.39, 0.29) is 9.90 Å². The van der Waals surface area contributed by atoms with Gasteiger partial charge in [0.1, 0.15) is 4.88 Å². The number of aromatic nitrogens is 2. The SMILES string of the molecule is O=C(O)c1ccc(CCCN(CCCc2cccc(Cl)c2)S(=O)(=O)c2nccc3sncc23)s1. The number of hydrogen-bond donors (Lipinski definition) is 1. The summed E-state index contributed by atoms with van der Waals surface area (Å²) in [4.78, 5) is 16.5. The Kier molecular flexibility index (Phi) is 7.95. The van der Waals surface area contributed by atoms with Crippen LogP contribution >= 0.6 is 34.5 Å². The number of nitrogens with zero attached hydrogens (tertiary/aromatic N) is 3. The van der Waals surface area contributed by atoms with Crippen LogP contribution in [-0.4, -0.2) is 46.2 Å². The molecule has 3 heterocycles. The highest BCUT2D eigenvalue weighted by Crippen LogP contribution is 2.27. The van der Waals surface area contributed by atoms with E-state index in [9.17, 15) is 13.2 Å². The van der Waals surface area contributed by atoms with Crippen molar-refractivity contribution in [2.75, 3.05) is 13.1 Å². The van der Waals surface area contributed by atoms with Crippen LogP contribution in [-0.2, 0) is 22.9 Å². The summed E-state index contributed by atoms with van der Waals surface area (Å²) in [5.74, 6) is -0.954. The first kappa shape index (κ1) is 24.7. The van der Waals surface area contributed by atoms with Gasteiger partial charge in [-0.2, -0.15) is 8.68 Å². The zero-order valence-electron chi connectivity index (χ0n) is 18.1. The van der Waals surface area contributed by atoms with Gasteiger partial charge >= 0.3 is 5.97 Å². The maximum absolute atomic E-state index is 13.6. The van der Waals surface area contributed by atoms with Crippen LogP contribution in [0.2, 0.25) is 5.02 Å². The number of aromatic carboxylic acids is 1. The molecule has 0 atom stereocenters. The van der Waals surface area contributed by atoms with E-state index >= 15 is 0 Å². The second-order valence-electron chi connectivity index (χ2n) is 7.67. The largest absolute Gasteiger partial charge is 0.477 e. The van der Waals surface area contributed by atoms with Crippen molar-refractivity contribution in [3.05, 3.63) is 75.2 Å². The van der Waals surface area contributed by atoms with Crippen molar-refractivity contribution in [2.45, 2.75) is 30.7 Å². The minimum atomic E-state index is -3.85. The molecule has 4 rings (SSSR count). The molecule has 0 aliphatic heterocycles. The summed E-state index contributed by atoms with van der Waals surface area (Å²) in [6, 6.07) is 12.7. The van der Waals surface area contributed by atoms with Crippen LogP contribution in [0.4, 0.5) is 0 Å². The van der Waals surface area contributed by atoms with Gasteiger partial charge in [0, 0.05) is 29.2 Å². The standard InChI is InChI=1S/C23H22ClN3O4S3/c24-17-6-1-4-16(14-17)5-2-12-27(13-3-7-18-8-9-21(32-18)23(28)29)34(30,31)22-19-15-26-33-20(19)10-11-25-22/h1,4,6,8-11,14-15H,2-3,5,7,12-13H2,(H,28,29). The van der Waals surface area contributed by atoms with Crippen molar-refractivity contribution in [3.63, 3.8) is 0 Å². The van der Waals surface area contributed by atoms with E-state index in [4.69, 9.17) is 16.7 Å². The first-order valence-electron chi connectivity index (χ1n) is 10.6. The summed E-state index contributed by atoms with van der Waals surface area (Å²) < 4.78 is 33.6.